The normalized spacial score (nSPS) is 14.0. The third kappa shape index (κ3) is 3.07. The lowest BCUT2D eigenvalue weighted by atomic mass is 10.1. The van der Waals surface area contributed by atoms with E-state index in [4.69, 9.17) is 16.7 Å². The van der Waals surface area contributed by atoms with Crippen LogP contribution >= 0.6 is 11.6 Å². The Hall–Kier alpha value is -0.810. The average molecular weight is 243 g/mol. The van der Waals surface area contributed by atoms with Gasteiger partial charge in [-0.1, -0.05) is 17.7 Å². The van der Waals surface area contributed by atoms with E-state index in [0.29, 0.717) is 0 Å². The van der Waals surface area contributed by atoms with Crippen molar-refractivity contribution >= 4 is 11.6 Å². The molecule has 1 N–H and O–H groups in total. The summed E-state index contributed by atoms with van der Waals surface area (Å²) < 4.78 is 49.0. The summed E-state index contributed by atoms with van der Waals surface area (Å²) in [5, 5.41) is 8.61. The molecule has 0 saturated carbocycles. The van der Waals surface area contributed by atoms with E-state index >= 15 is 0 Å². The fraction of sp³-hybridized carbons (Fsp3) is 0.333. The highest BCUT2D eigenvalue weighted by Gasteiger charge is 2.38. The Bertz CT molecular complexity index is 330. The third-order valence-corrected chi connectivity index (χ3v) is 2.19. The zero-order valence-electron chi connectivity index (χ0n) is 7.35. The van der Waals surface area contributed by atoms with Gasteiger partial charge in [-0.05, 0) is 12.1 Å². The summed E-state index contributed by atoms with van der Waals surface area (Å²) in [5.41, 5.74) is -0.330. The van der Waals surface area contributed by atoms with Crippen molar-refractivity contribution in [3.63, 3.8) is 0 Å². The van der Waals surface area contributed by atoms with Crippen LogP contribution in [-0.4, -0.2) is 17.4 Å². The van der Waals surface area contributed by atoms with Crippen molar-refractivity contribution in [1.29, 1.82) is 0 Å². The number of aliphatic hydroxyl groups is 1. The SMILES string of the molecule is OC(Cc1c(F)cccc1Cl)C(F)(F)F. The van der Waals surface area contributed by atoms with Gasteiger partial charge >= 0.3 is 6.18 Å². The Morgan fingerprint density at radius 3 is 2.40 bits per heavy atom. The van der Waals surface area contributed by atoms with Gasteiger partial charge in [0.1, 0.15) is 5.82 Å². The van der Waals surface area contributed by atoms with Crippen molar-refractivity contribution in [3.8, 4) is 0 Å². The van der Waals surface area contributed by atoms with Crippen LogP contribution in [0.3, 0.4) is 0 Å². The first-order chi connectivity index (χ1) is 6.82. The van der Waals surface area contributed by atoms with Gasteiger partial charge in [-0.2, -0.15) is 13.2 Å². The van der Waals surface area contributed by atoms with E-state index in [1.807, 2.05) is 0 Å². The fourth-order valence-electron chi connectivity index (χ4n) is 1.04. The fourth-order valence-corrected chi connectivity index (χ4v) is 1.28. The van der Waals surface area contributed by atoms with Crippen LogP contribution in [0.15, 0.2) is 18.2 Å². The minimum atomic E-state index is -4.77. The van der Waals surface area contributed by atoms with Gasteiger partial charge in [-0.25, -0.2) is 4.39 Å². The van der Waals surface area contributed by atoms with Crippen LogP contribution in [0, 0.1) is 5.82 Å². The number of alkyl halides is 3. The number of hydrogen-bond acceptors (Lipinski definition) is 1. The van der Waals surface area contributed by atoms with Crippen LogP contribution in [0.5, 0.6) is 0 Å². The summed E-state index contributed by atoms with van der Waals surface area (Å²) in [7, 11) is 0. The van der Waals surface area contributed by atoms with Gasteiger partial charge in [0.15, 0.2) is 6.10 Å². The Morgan fingerprint density at radius 1 is 1.33 bits per heavy atom. The molecule has 0 amide bonds. The maximum absolute atomic E-state index is 13.0. The van der Waals surface area contributed by atoms with Gasteiger partial charge in [-0.3, -0.25) is 0 Å². The van der Waals surface area contributed by atoms with Crippen molar-refractivity contribution in [1.82, 2.24) is 0 Å². The molecule has 0 spiro atoms. The van der Waals surface area contributed by atoms with E-state index in [9.17, 15) is 17.6 Å². The molecule has 0 heterocycles. The highest BCUT2D eigenvalue weighted by molar-refractivity contribution is 6.31. The van der Waals surface area contributed by atoms with Crippen LogP contribution < -0.4 is 0 Å². The topological polar surface area (TPSA) is 20.2 Å². The van der Waals surface area contributed by atoms with E-state index in [0.717, 1.165) is 6.07 Å². The molecule has 6 heteroatoms. The van der Waals surface area contributed by atoms with E-state index in [1.54, 1.807) is 0 Å². The summed E-state index contributed by atoms with van der Waals surface area (Å²) >= 11 is 5.51. The number of benzene rings is 1. The lowest BCUT2D eigenvalue weighted by molar-refractivity contribution is -0.203. The van der Waals surface area contributed by atoms with Crippen molar-refractivity contribution in [2.75, 3.05) is 0 Å². The molecule has 0 aliphatic rings. The molecule has 0 aromatic heterocycles. The standard InChI is InChI=1S/C9H7ClF4O/c10-6-2-1-3-7(11)5(6)4-8(15)9(12,13)14/h1-3,8,15H,4H2. The second-order valence-corrected chi connectivity index (χ2v) is 3.37. The molecule has 1 atom stereocenters. The van der Waals surface area contributed by atoms with E-state index in [-0.39, 0.29) is 10.6 Å². The molecular weight excluding hydrogens is 236 g/mol. The van der Waals surface area contributed by atoms with Gasteiger partial charge in [-0.15, -0.1) is 0 Å². The number of hydrogen-bond donors (Lipinski definition) is 1. The first-order valence-corrected chi connectivity index (χ1v) is 4.38. The first-order valence-electron chi connectivity index (χ1n) is 4.00. The Kier molecular flexibility index (Phi) is 3.57. The van der Waals surface area contributed by atoms with Crippen LogP contribution in [0.4, 0.5) is 17.6 Å². The zero-order chi connectivity index (χ0) is 11.6. The zero-order valence-corrected chi connectivity index (χ0v) is 8.11. The molecule has 0 radical (unpaired) electrons. The summed E-state index contributed by atoms with van der Waals surface area (Å²) in [5.74, 6) is -0.856. The van der Waals surface area contributed by atoms with Gasteiger partial charge < -0.3 is 5.11 Å². The minimum Gasteiger partial charge on any atom is -0.383 e. The largest absolute Gasteiger partial charge is 0.414 e. The molecule has 0 fully saturated rings. The van der Waals surface area contributed by atoms with Crippen molar-refractivity contribution < 1.29 is 22.7 Å². The van der Waals surface area contributed by atoms with Crippen LogP contribution in [0.25, 0.3) is 0 Å². The number of halogens is 5. The maximum Gasteiger partial charge on any atom is 0.414 e. The first kappa shape index (κ1) is 12.3. The molecule has 1 unspecified atom stereocenters. The van der Waals surface area contributed by atoms with E-state index in [2.05, 4.69) is 0 Å². The summed E-state index contributed by atoms with van der Waals surface area (Å²) in [6.07, 6.45) is -8.26. The van der Waals surface area contributed by atoms with Crippen LogP contribution in [0.1, 0.15) is 5.56 Å². The Morgan fingerprint density at radius 2 is 1.93 bits per heavy atom. The van der Waals surface area contributed by atoms with Crippen molar-refractivity contribution in [2.24, 2.45) is 0 Å². The predicted molar refractivity (Wildman–Crippen MR) is 47.2 cm³/mol. The molecule has 1 aromatic carbocycles. The minimum absolute atomic E-state index is 0.127. The Labute approximate surface area is 88.3 Å². The Balaban J connectivity index is 2.90. The molecule has 84 valence electrons. The van der Waals surface area contributed by atoms with Crippen LogP contribution in [0.2, 0.25) is 5.02 Å². The molecule has 0 aliphatic carbocycles. The molecule has 0 bridgehead atoms. The smallest absolute Gasteiger partial charge is 0.383 e. The van der Waals surface area contributed by atoms with Crippen LogP contribution in [-0.2, 0) is 6.42 Å². The van der Waals surface area contributed by atoms with Gasteiger partial charge in [0.25, 0.3) is 0 Å². The number of rotatable bonds is 2. The van der Waals surface area contributed by atoms with Gasteiger partial charge in [0.05, 0.1) is 0 Å². The lowest BCUT2D eigenvalue weighted by Crippen LogP contribution is -2.30. The van der Waals surface area contributed by atoms with E-state index < -0.39 is 24.5 Å². The summed E-state index contributed by atoms with van der Waals surface area (Å²) in [4.78, 5) is 0. The molecule has 0 saturated heterocycles. The van der Waals surface area contributed by atoms with E-state index in [1.165, 1.54) is 12.1 Å². The second kappa shape index (κ2) is 4.37. The van der Waals surface area contributed by atoms with Crippen molar-refractivity contribution in [3.05, 3.63) is 34.6 Å². The summed E-state index contributed by atoms with van der Waals surface area (Å²) in [6, 6.07) is 3.54. The number of aliphatic hydroxyl groups excluding tert-OH is 1. The predicted octanol–water partition coefficient (Wildman–Crippen LogP) is 2.94. The second-order valence-electron chi connectivity index (χ2n) is 2.96. The summed E-state index contributed by atoms with van der Waals surface area (Å²) in [6.45, 7) is 0. The van der Waals surface area contributed by atoms with Crippen molar-refractivity contribution in [2.45, 2.75) is 18.7 Å². The molecule has 1 nitrogen and oxygen atoms in total. The molecular formula is C9H7ClF4O. The van der Waals surface area contributed by atoms with Gasteiger partial charge in [0.2, 0.25) is 0 Å². The third-order valence-electron chi connectivity index (χ3n) is 1.84. The van der Waals surface area contributed by atoms with Gasteiger partial charge in [0, 0.05) is 17.0 Å². The molecule has 1 aromatic rings. The molecule has 1 rings (SSSR count). The quantitative estimate of drug-likeness (QED) is 0.791. The lowest BCUT2D eigenvalue weighted by Gasteiger charge is -2.15. The monoisotopic (exact) mass is 242 g/mol. The molecule has 0 aliphatic heterocycles. The molecule has 15 heavy (non-hydrogen) atoms. The highest BCUT2D eigenvalue weighted by atomic mass is 35.5. The average Bonchev–Trinajstić information content (AvgIpc) is 2.09. The highest BCUT2D eigenvalue weighted by Crippen LogP contribution is 2.27. The maximum atomic E-state index is 13.0.